The first-order valence-corrected chi connectivity index (χ1v) is 9.19. The molecule has 0 saturated heterocycles. The first kappa shape index (κ1) is 15.4. The predicted molar refractivity (Wildman–Crippen MR) is 85.3 cm³/mol. The third-order valence-corrected chi connectivity index (χ3v) is 5.71. The normalized spacial score (nSPS) is 22.2. The summed E-state index contributed by atoms with van der Waals surface area (Å²) >= 11 is 0. The molecule has 1 aliphatic heterocycles. The van der Waals surface area contributed by atoms with Crippen LogP contribution in [0.15, 0.2) is 47.4 Å². The highest BCUT2D eigenvalue weighted by Gasteiger charge is 2.41. The Morgan fingerprint density at radius 2 is 1.71 bits per heavy atom. The molecule has 2 atom stereocenters. The van der Waals surface area contributed by atoms with Crippen LogP contribution in [0.3, 0.4) is 0 Å². The highest BCUT2D eigenvalue weighted by atomic mass is 32.2. The van der Waals surface area contributed by atoms with Crippen molar-refractivity contribution in [2.24, 2.45) is 0 Å². The smallest absolute Gasteiger partial charge is 0.240 e. The van der Waals surface area contributed by atoms with E-state index in [1.54, 1.807) is 18.2 Å². The van der Waals surface area contributed by atoms with E-state index in [9.17, 15) is 12.8 Å². The Bertz CT molecular complexity index is 867. The number of sulfonamides is 1. The van der Waals surface area contributed by atoms with Crippen LogP contribution >= 0.6 is 0 Å². The Labute approximate surface area is 139 Å². The van der Waals surface area contributed by atoms with Crippen LogP contribution in [0.1, 0.15) is 17.9 Å². The van der Waals surface area contributed by atoms with Crippen LogP contribution in [0.5, 0.6) is 11.5 Å². The van der Waals surface area contributed by atoms with Gasteiger partial charge in [0.1, 0.15) is 19.0 Å². The number of ether oxygens (including phenoxy) is 2. The molecule has 126 valence electrons. The Morgan fingerprint density at radius 3 is 2.46 bits per heavy atom. The lowest BCUT2D eigenvalue weighted by Crippen LogP contribution is -2.27. The first-order chi connectivity index (χ1) is 11.5. The summed E-state index contributed by atoms with van der Waals surface area (Å²) in [7, 11) is -3.64. The number of nitrogens with one attached hydrogen (secondary N) is 1. The molecule has 2 aliphatic rings. The van der Waals surface area contributed by atoms with E-state index in [4.69, 9.17) is 9.47 Å². The van der Waals surface area contributed by atoms with Crippen molar-refractivity contribution >= 4 is 10.0 Å². The van der Waals surface area contributed by atoms with E-state index >= 15 is 0 Å². The summed E-state index contributed by atoms with van der Waals surface area (Å²) in [5, 5.41) is 0. The molecule has 4 rings (SSSR count). The molecule has 1 aliphatic carbocycles. The van der Waals surface area contributed by atoms with Gasteiger partial charge in [-0.1, -0.05) is 12.1 Å². The van der Waals surface area contributed by atoms with Crippen molar-refractivity contribution in [3.8, 4) is 11.5 Å². The van der Waals surface area contributed by atoms with Crippen molar-refractivity contribution in [1.82, 2.24) is 4.72 Å². The molecule has 2 aromatic carbocycles. The molecule has 1 saturated carbocycles. The molecule has 1 heterocycles. The molecule has 0 radical (unpaired) electrons. The van der Waals surface area contributed by atoms with E-state index in [-0.39, 0.29) is 22.7 Å². The zero-order valence-corrected chi connectivity index (χ0v) is 13.6. The summed E-state index contributed by atoms with van der Waals surface area (Å²) in [5.41, 5.74) is 0.936. The maximum Gasteiger partial charge on any atom is 0.240 e. The fraction of sp³-hybridized carbons (Fsp3) is 0.294. The summed E-state index contributed by atoms with van der Waals surface area (Å²) in [6, 6.07) is 10.6. The van der Waals surface area contributed by atoms with Crippen LogP contribution in [0, 0.1) is 5.82 Å². The SMILES string of the molecule is O=S(=O)(NC1CC1c1ccc(F)cc1)c1ccc2c(c1)OCCO2. The second kappa shape index (κ2) is 5.75. The molecule has 1 N–H and O–H groups in total. The Hall–Kier alpha value is -2.12. The molecule has 1 fully saturated rings. The molecular weight excluding hydrogens is 333 g/mol. The Kier molecular flexibility index (Phi) is 3.69. The minimum atomic E-state index is -3.64. The number of fused-ring (bicyclic) bond motifs is 1. The van der Waals surface area contributed by atoms with Gasteiger partial charge in [0, 0.05) is 18.0 Å². The van der Waals surface area contributed by atoms with Crippen molar-refractivity contribution in [3.63, 3.8) is 0 Å². The van der Waals surface area contributed by atoms with Crippen molar-refractivity contribution in [3.05, 3.63) is 53.8 Å². The molecule has 0 spiro atoms. The summed E-state index contributed by atoms with van der Waals surface area (Å²) in [4.78, 5) is 0.150. The first-order valence-electron chi connectivity index (χ1n) is 7.70. The third-order valence-electron chi connectivity index (χ3n) is 4.22. The zero-order chi connectivity index (χ0) is 16.7. The molecule has 0 amide bonds. The molecule has 2 aromatic rings. The van der Waals surface area contributed by atoms with E-state index in [1.165, 1.54) is 24.3 Å². The van der Waals surface area contributed by atoms with Crippen LogP contribution in [0.25, 0.3) is 0 Å². The standard InChI is InChI=1S/C17H16FNO4S/c18-12-3-1-11(2-4-12)14-10-15(14)19-24(20,21)13-5-6-16-17(9-13)23-8-7-22-16/h1-6,9,14-15,19H,7-8,10H2. The Balaban J connectivity index is 1.49. The number of rotatable bonds is 4. The van der Waals surface area contributed by atoms with Gasteiger partial charge in [-0.2, -0.15) is 0 Å². The fourth-order valence-electron chi connectivity index (χ4n) is 2.86. The third kappa shape index (κ3) is 2.97. The van der Waals surface area contributed by atoms with E-state index in [2.05, 4.69) is 4.72 Å². The largest absolute Gasteiger partial charge is 0.486 e. The van der Waals surface area contributed by atoms with Crippen LogP contribution in [-0.2, 0) is 10.0 Å². The number of benzene rings is 2. The average Bonchev–Trinajstić information content (AvgIpc) is 3.33. The van der Waals surface area contributed by atoms with Gasteiger partial charge in [0.2, 0.25) is 10.0 Å². The molecule has 5 nitrogen and oxygen atoms in total. The molecule has 7 heteroatoms. The van der Waals surface area contributed by atoms with Crippen LogP contribution in [-0.4, -0.2) is 27.7 Å². The summed E-state index contributed by atoms with van der Waals surface area (Å²) in [6.45, 7) is 0.859. The van der Waals surface area contributed by atoms with Crippen LogP contribution in [0.2, 0.25) is 0 Å². The van der Waals surface area contributed by atoms with Gasteiger partial charge in [-0.3, -0.25) is 0 Å². The molecule has 0 bridgehead atoms. The van der Waals surface area contributed by atoms with E-state index in [0.29, 0.717) is 31.1 Å². The molecule has 2 unspecified atom stereocenters. The summed E-state index contributed by atoms with van der Waals surface area (Å²) in [5.74, 6) is 0.774. The fourth-order valence-corrected chi connectivity index (χ4v) is 4.17. The predicted octanol–water partition coefficient (Wildman–Crippen LogP) is 2.43. The van der Waals surface area contributed by atoms with Crippen molar-refractivity contribution in [2.75, 3.05) is 13.2 Å². The Morgan fingerprint density at radius 1 is 1.00 bits per heavy atom. The lowest BCUT2D eigenvalue weighted by molar-refractivity contribution is 0.171. The van der Waals surface area contributed by atoms with E-state index < -0.39 is 10.0 Å². The topological polar surface area (TPSA) is 64.6 Å². The van der Waals surface area contributed by atoms with Gasteiger partial charge >= 0.3 is 0 Å². The minimum absolute atomic E-state index is 0.0811. The van der Waals surface area contributed by atoms with Crippen molar-refractivity contribution < 1.29 is 22.3 Å². The van der Waals surface area contributed by atoms with Gasteiger partial charge in [-0.15, -0.1) is 0 Å². The maximum atomic E-state index is 13.0. The number of halogens is 1. The zero-order valence-electron chi connectivity index (χ0n) is 12.7. The minimum Gasteiger partial charge on any atom is -0.486 e. The van der Waals surface area contributed by atoms with Crippen LogP contribution in [0.4, 0.5) is 4.39 Å². The van der Waals surface area contributed by atoms with Gasteiger partial charge in [-0.05, 0) is 36.2 Å². The maximum absolute atomic E-state index is 13.0. The van der Waals surface area contributed by atoms with E-state index in [0.717, 1.165) is 5.56 Å². The van der Waals surface area contributed by atoms with Crippen LogP contribution < -0.4 is 14.2 Å². The van der Waals surface area contributed by atoms with Crippen molar-refractivity contribution in [2.45, 2.75) is 23.3 Å². The monoisotopic (exact) mass is 349 g/mol. The second-order valence-corrected chi connectivity index (χ2v) is 7.64. The van der Waals surface area contributed by atoms with Gasteiger partial charge in [0.05, 0.1) is 4.90 Å². The molecule has 0 aromatic heterocycles. The van der Waals surface area contributed by atoms with Gasteiger partial charge in [0.15, 0.2) is 11.5 Å². The highest BCUT2D eigenvalue weighted by Crippen LogP contribution is 2.42. The van der Waals surface area contributed by atoms with Gasteiger partial charge in [-0.25, -0.2) is 17.5 Å². The van der Waals surface area contributed by atoms with Gasteiger partial charge < -0.3 is 9.47 Å². The highest BCUT2D eigenvalue weighted by molar-refractivity contribution is 7.89. The number of hydrogen-bond acceptors (Lipinski definition) is 4. The summed E-state index contributed by atoms with van der Waals surface area (Å²) in [6.07, 6.45) is 0.704. The van der Waals surface area contributed by atoms with Crippen molar-refractivity contribution in [1.29, 1.82) is 0 Å². The van der Waals surface area contributed by atoms with E-state index in [1.807, 2.05) is 0 Å². The molecule has 24 heavy (non-hydrogen) atoms. The molecular formula is C17H16FNO4S. The average molecular weight is 349 g/mol. The number of hydrogen-bond donors (Lipinski definition) is 1. The second-order valence-electron chi connectivity index (χ2n) is 5.93. The lowest BCUT2D eigenvalue weighted by Gasteiger charge is -2.19. The lowest BCUT2D eigenvalue weighted by atomic mass is 10.1. The quantitative estimate of drug-likeness (QED) is 0.921. The summed E-state index contributed by atoms with van der Waals surface area (Å²) < 4.78 is 51.6. The van der Waals surface area contributed by atoms with Gasteiger partial charge in [0.25, 0.3) is 0 Å².